The first-order valence-corrected chi connectivity index (χ1v) is 20.6. The SMILES string of the molecule is COc1ccc2c(O[C@@H]3C[C@H]4C(=O)N[C@]5(C(=O)NS(=O)(=O)C6CC6)C[C@H]5/C=C\CCCCCCC(=O)N4C3)cc(-c3csc(NC(C)C)n3)nc2c1. The van der Waals surface area contributed by atoms with Crippen LogP contribution in [0.4, 0.5) is 5.13 Å². The van der Waals surface area contributed by atoms with Gasteiger partial charge in [-0.3, -0.25) is 19.1 Å². The number of amides is 3. The molecule has 2 aliphatic carbocycles. The first-order chi connectivity index (χ1) is 25.0. The Labute approximate surface area is 308 Å². The van der Waals surface area contributed by atoms with Crippen LogP contribution in [0.25, 0.3) is 22.3 Å². The van der Waals surface area contributed by atoms with Gasteiger partial charge in [0.15, 0.2) is 5.13 Å². The third-order valence-corrected chi connectivity index (χ3v) is 12.8. The average molecular weight is 751 g/mol. The van der Waals surface area contributed by atoms with Crippen molar-refractivity contribution in [1.82, 2.24) is 24.9 Å². The summed E-state index contributed by atoms with van der Waals surface area (Å²) < 4.78 is 39.9. The topological polar surface area (TPSA) is 169 Å². The van der Waals surface area contributed by atoms with E-state index in [9.17, 15) is 22.8 Å². The molecule has 3 N–H and O–H groups in total. The van der Waals surface area contributed by atoms with Gasteiger partial charge in [0.2, 0.25) is 21.8 Å². The molecule has 3 fully saturated rings. The van der Waals surface area contributed by atoms with E-state index >= 15 is 0 Å². The fraction of sp³-hybridized carbons (Fsp3) is 0.541. The maximum absolute atomic E-state index is 14.2. The van der Waals surface area contributed by atoms with Crippen LogP contribution in [0.1, 0.15) is 78.1 Å². The molecule has 13 nitrogen and oxygen atoms in total. The summed E-state index contributed by atoms with van der Waals surface area (Å²) in [6.45, 7) is 4.26. The molecule has 1 saturated heterocycles. The largest absolute Gasteiger partial charge is 0.497 e. The lowest BCUT2D eigenvalue weighted by atomic mass is 10.1. The summed E-state index contributed by atoms with van der Waals surface area (Å²) in [4.78, 5) is 52.7. The van der Waals surface area contributed by atoms with Gasteiger partial charge >= 0.3 is 0 Å². The maximum Gasteiger partial charge on any atom is 0.259 e. The predicted octanol–water partition coefficient (Wildman–Crippen LogP) is 4.93. The normalized spacial score (nSPS) is 26.1. The van der Waals surface area contributed by atoms with Crippen molar-refractivity contribution in [2.45, 2.75) is 107 Å². The molecule has 2 saturated carbocycles. The van der Waals surface area contributed by atoms with Crippen molar-refractivity contribution in [2.75, 3.05) is 19.0 Å². The molecule has 4 aliphatic rings. The lowest BCUT2D eigenvalue weighted by Crippen LogP contribution is -2.56. The number of thiazole rings is 1. The summed E-state index contributed by atoms with van der Waals surface area (Å²) in [5.41, 5.74) is 0.515. The van der Waals surface area contributed by atoms with Crippen LogP contribution in [0.5, 0.6) is 11.5 Å². The minimum Gasteiger partial charge on any atom is -0.497 e. The Bertz CT molecular complexity index is 1990. The molecule has 0 radical (unpaired) electrons. The van der Waals surface area contributed by atoms with Gasteiger partial charge < -0.3 is 25.0 Å². The first kappa shape index (κ1) is 36.1. The van der Waals surface area contributed by atoms with Crippen LogP contribution in [-0.2, 0) is 24.4 Å². The predicted molar refractivity (Wildman–Crippen MR) is 199 cm³/mol. The number of nitrogens with zero attached hydrogens (tertiary/aromatic N) is 3. The molecule has 3 aromatic rings. The van der Waals surface area contributed by atoms with E-state index in [0.29, 0.717) is 54.1 Å². The Morgan fingerprint density at radius 2 is 1.90 bits per heavy atom. The van der Waals surface area contributed by atoms with Gasteiger partial charge in [0.05, 0.1) is 30.1 Å². The van der Waals surface area contributed by atoms with Crippen LogP contribution >= 0.6 is 11.3 Å². The third-order valence-electron chi connectivity index (χ3n) is 10.2. The minimum atomic E-state index is -3.83. The van der Waals surface area contributed by atoms with Crippen molar-refractivity contribution < 1.29 is 32.3 Å². The minimum absolute atomic E-state index is 0.154. The zero-order chi connectivity index (χ0) is 36.6. The second kappa shape index (κ2) is 14.6. The van der Waals surface area contributed by atoms with E-state index in [1.54, 1.807) is 12.0 Å². The van der Waals surface area contributed by atoms with Crippen LogP contribution in [0, 0.1) is 5.92 Å². The fourth-order valence-corrected chi connectivity index (χ4v) is 9.30. The number of nitrogens with one attached hydrogen (secondary N) is 3. The number of benzene rings is 1. The highest BCUT2D eigenvalue weighted by atomic mass is 32.2. The van der Waals surface area contributed by atoms with Gasteiger partial charge in [0.25, 0.3) is 5.91 Å². The summed E-state index contributed by atoms with van der Waals surface area (Å²) in [5.74, 6) is -0.567. The number of rotatable bonds is 9. The van der Waals surface area contributed by atoms with E-state index in [2.05, 4.69) is 15.4 Å². The highest BCUT2D eigenvalue weighted by Crippen LogP contribution is 2.46. The van der Waals surface area contributed by atoms with Crippen molar-refractivity contribution >= 4 is 55.1 Å². The van der Waals surface area contributed by atoms with E-state index in [-0.39, 0.29) is 37.3 Å². The summed E-state index contributed by atoms with van der Waals surface area (Å²) >= 11 is 1.48. The zero-order valence-corrected chi connectivity index (χ0v) is 31.4. The van der Waals surface area contributed by atoms with Gasteiger partial charge in [-0.1, -0.05) is 25.0 Å². The quantitative estimate of drug-likeness (QED) is 0.255. The molecule has 2 aliphatic heterocycles. The lowest BCUT2D eigenvalue weighted by Gasteiger charge is -2.26. The van der Waals surface area contributed by atoms with Crippen LogP contribution < -0.4 is 24.8 Å². The van der Waals surface area contributed by atoms with Crippen LogP contribution in [0.2, 0.25) is 0 Å². The highest BCUT2D eigenvalue weighted by Gasteiger charge is 2.62. The smallest absolute Gasteiger partial charge is 0.259 e. The molecule has 52 heavy (non-hydrogen) atoms. The number of carbonyl (C=O) groups excluding carboxylic acids is 3. The second-order valence-electron chi connectivity index (χ2n) is 14.6. The number of allylic oxidation sites excluding steroid dienone is 1. The number of ether oxygens (including phenoxy) is 2. The van der Waals surface area contributed by atoms with Crippen molar-refractivity contribution in [1.29, 1.82) is 0 Å². The number of carbonyl (C=O) groups is 3. The lowest BCUT2D eigenvalue weighted by molar-refractivity contribution is -0.139. The average Bonchev–Trinajstić information content (AvgIpc) is 3.99. The fourth-order valence-electron chi connectivity index (χ4n) is 7.09. The molecule has 7 rings (SSSR count). The summed E-state index contributed by atoms with van der Waals surface area (Å²) in [6, 6.07) is 6.67. The third kappa shape index (κ3) is 7.75. The Balaban J connectivity index is 1.17. The molecule has 1 aromatic carbocycles. The van der Waals surface area contributed by atoms with Crippen molar-refractivity contribution in [2.24, 2.45) is 5.92 Å². The van der Waals surface area contributed by atoms with Gasteiger partial charge in [-0.2, -0.15) is 0 Å². The van der Waals surface area contributed by atoms with E-state index in [4.69, 9.17) is 19.4 Å². The molecular formula is C37H46N6O7S2. The molecule has 0 spiro atoms. The molecule has 4 heterocycles. The number of pyridine rings is 1. The Morgan fingerprint density at radius 1 is 1.10 bits per heavy atom. The molecule has 0 bridgehead atoms. The van der Waals surface area contributed by atoms with Gasteiger partial charge in [-0.05, 0) is 64.5 Å². The van der Waals surface area contributed by atoms with Gasteiger partial charge in [-0.25, -0.2) is 18.4 Å². The van der Waals surface area contributed by atoms with Gasteiger partial charge in [0.1, 0.15) is 34.9 Å². The zero-order valence-electron chi connectivity index (χ0n) is 29.7. The van der Waals surface area contributed by atoms with Crippen molar-refractivity contribution in [3.05, 3.63) is 41.8 Å². The van der Waals surface area contributed by atoms with Crippen molar-refractivity contribution in [3.8, 4) is 22.9 Å². The number of fused-ring (bicyclic) bond motifs is 3. The van der Waals surface area contributed by atoms with Gasteiger partial charge in [0, 0.05) is 47.7 Å². The first-order valence-electron chi connectivity index (χ1n) is 18.2. The van der Waals surface area contributed by atoms with Crippen LogP contribution in [0.3, 0.4) is 0 Å². The van der Waals surface area contributed by atoms with E-state index in [1.165, 1.54) is 11.3 Å². The van der Waals surface area contributed by atoms with Crippen LogP contribution in [0.15, 0.2) is 41.8 Å². The molecule has 2 aromatic heterocycles. The monoisotopic (exact) mass is 750 g/mol. The number of anilines is 1. The number of methoxy groups -OCH3 is 1. The molecule has 15 heteroatoms. The molecule has 4 atom stereocenters. The number of aromatic nitrogens is 2. The Hall–Kier alpha value is -4.24. The molecule has 0 unspecified atom stereocenters. The highest BCUT2D eigenvalue weighted by molar-refractivity contribution is 7.91. The van der Waals surface area contributed by atoms with Gasteiger partial charge in [-0.15, -0.1) is 11.3 Å². The Kier molecular flexibility index (Phi) is 10.2. The van der Waals surface area contributed by atoms with Crippen molar-refractivity contribution in [3.63, 3.8) is 0 Å². The number of hydrogen-bond acceptors (Lipinski definition) is 11. The number of hydrogen-bond donors (Lipinski definition) is 3. The summed E-state index contributed by atoms with van der Waals surface area (Å²) in [7, 11) is -2.24. The van der Waals surface area contributed by atoms with E-state index in [1.807, 2.05) is 55.6 Å². The standard InChI is InChI=1S/C37H46N6O7S2/c1-22(2)38-36-40-30(21-51-36)29-18-32(27-15-12-24(49-3)16-28(27)39-29)50-25-17-31-34(45)41-37(35(46)42-52(47,48)26-13-14-26)19-23(37)10-8-6-4-5-7-9-11-33(44)43(31)20-25/h8,10,12,15-16,18,21-23,25-26,31H,4-7,9,11,13-14,17,19-20H2,1-3H3,(H,38,40)(H,41,45)(H,42,46)/b10-8-/t23-,25-,31+,37-/m1/s1. The maximum atomic E-state index is 14.2. The molecule has 3 amide bonds. The molecule has 278 valence electrons. The van der Waals surface area contributed by atoms with Crippen LogP contribution in [-0.4, -0.2) is 83.6 Å². The van der Waals surface area contributed by atoms with E-state index in [0.717, 1.165) is 36.2 Å². The number of sulfonamides is 1. The Morgan fingerprint density at radius 3 is 2.67 bits per heavy atom. The summed E-state index contributed by atoms with van der Waals surface area (Å²) in [6.07, 6.45) is 9.43. The molecular weight excluding hydrogens is 705 g/mol. The second-order valence-corrected chi connectivity index (χ2v) is 17.4. The summed E-state index contributed by atoms with van der Waals surface area (Å²) in [5, 5.41) is 9.11. The van der Waals surface area contributed by atoms with E-state index < -0.39 is 44.8 Å².